The molecule has 12 rings (SSSR count). The molecule has 0 saturated carbocycles. The van der Waals surface area contributed by atoms with Gasteiger partial charge in [0.1, 0.15) is 11.4 Å². The van der Waals surface area contributed by atoms with E-state index < -0.39 is 0 Å². The first kappa shape index (κ1) is 27.1. The molecule has 6 aromatic carbocycles. The molecule has 5 nitrogen and oxygen atoms in total. The van der Waals surface area contributed by atoms with Gasteiger partial charge in [0.05, 0.1) is 62.7 Å². The number of halogens is 1. The lowest BCUT2D eigenvalue weighted by atomic mass is 9.96. The van der Waals surface area contributed by atoms with Crippen LogP contribution < -0.4 is 8.43 Å². The number of hydrogen-bond donors (Lipinski definition) is 1. The van der Waals surface area contributed by atoms with Crippen LogP contribution in [0.3, 0.4) is 0 Å². The van der Waals surface area contributed by atoms with Gasteiger partial charge in [0.2, 0.25) is 0 Å². The lowest BCUT2D eigenvalue weighted by Gasteiger charge is -2.38. The second-order valence-electron chi connectivity index (χ2n) is 13.6. The van der Waals surface area contributed by atoms with Gasteiger partial charge in [-0.2, -0.15) is 0 Å². The highest BCUT2D eigenvalue weighted by molar-refractivity contribution is 14.1. The first-order chi connectivity index (χ1) is 24.7. The van der Waals surface area contributed by atoms with Crippen LogP contribution in [0.4, 0.5) is 11.5 Å². The van der Waals surface area contributed by atoms with Crippen molar-refractivity contribution in [2.24, 2.45) is 0 Å². The molecule has 4 aromatic heterocycles. The first-order valence-corrected chi connectivity index (χ1v) is 18.0. The molecule has 50 heavy (non-hydrogen) atoms. The summed E-state index contributed by atoms with van der Waals surface area (Å²) in [4.78, 5) is 0. The fourth-order valence-electron chi connectivity index (χ4n) is 8.81. The number of aromatic nitrogens is 2. The SMILES string of the molecule is IN1c2c(c3cc(-c4ccc5c(c4)c4ccccc4n5-c4ccccc4)cc4c5ccc6c7ccccc7oc6c5n2c34)NC2C=CC=CC21. The highest BCUT2D eigenvalue weighted by Crippen LogP contribution is 2.52. The van der Waals surface area contributed by atoms with E-state index in [0.717, 1.165) is 33.3 Å². The third-order valence-electron chi connectivity index (χ3n) is 11.0. The number of furan rings is 1. The number of fused-ring (bicyclic) bond motifs is 14. The zero-order valence-corrected chi connectivity index (χ0v) is 28.8. The highest BCUT2D eigenvalue weighted by Gasteiger charge is 2.37. The summed E-state index contributed by atoms with van der Waals surface area (Å²) in [6, 6.07) is 44.5. The van der Waals surface area contributed by atoms with Crippen LogP contribution in [0.2, 0.25) is 0 Å². The molecule has 0 radical (unpaired) electrons. The van der Waals surface area contributed by atoms with Crippen molar-refractivity contribution in [2.75, 3.05) is 8.43 Å². The number of rotatable bonds is 2. The summed E-state index contributed by atoms with van der Waals surface area (Å²) in [6.45, 7) is 0. The maximum absolute atomic E-state index is 6.71. The van der Waals surface area contributed by atoms with E-state index >= 15 is 0 Å². The van der Waals surface area contributed by atoms with Gasteiger partial charge < -0.3 is 14.3 Å². The van der Waals surface area contributed by atoms with Crippen molar-refractivity contribution in [2.45, 2.75) is 12.1 Å². The molecule has 1 aliphatic heterocycles. The summed E-state index contributed by atoms with van der Waals surface area (Å²) < 4.78 is 14.0. The number of nitrogens with one attached hydrogen (secondary N) is 1. The van der Waals surface area contributed by atoms with Crippen LogP contribution in [0.5, 0.6) is 0 Å². The molecule has 236 valence electrons. The molecule has 0 amide bonds. The van der Waals surface area contributed by atoms with Crippen molar-refractivity contribution in [3.8, 4) is 16.8 Å². The number of allylic oxidation sites excluding steroid dienone is 2. The van der Waals surface area contributed by atoms with E-state index in [4.69, 9.17) is 4.42 Å². The van der Waals surface area contributed by atoms with Crippen molar-refractivity contribution >= 4 is 105 Å². The molecule has 1 N–H and O–H groups in total. The van der Waals surface area contributed by atoms with Crippen LogP contribution >= 0.6 is 22.9 Å². The van der Waals surface area contributed by atoms with Crippen LogP contribution in [0.25, 0.3) is 87.8 Å². The van der Waals surface area contributed by atoms with Gasteiger partial charge in [-0.3, -0.25) is 7.51 Å². The van der Waals surface area contributed by atoms with Crippen molar-refractivity contribution < 1.29 is 4.42 Å². The Hall–Kier alpha value is -5.73. The Balaban J connectivity index is 1.18. The average Bonchev–Trinajstić information content (AvgIpc) is 3.90. The number of benzene rings is 6. The Bertz CT molecular complexity index is 3110. The summed E-state index contributed by atoms with van der Waals surface area (Å²) in [5.74, 6) is 1.16. The minimum Gasteiger partial charge on any atom is -0.454 e. The van der Waals surface area contributed by atoms with E-state index in [2.05, 4.69) is 186 Å². The highest BCUT2D eigenvalue weighted by atomic mass is 127. The summed E-state index contributed by atoms with van der Waals surface area (Å²) in [6.07, 6.45) is 8.88. The van der Waals surface area contributed by atoms with Gasteiger partial charge in [0.15, 0.2) is 5.58 Å². The second-order valence-corrected chi connectivity index (χ2v) is 14.6. The molecule has 1 aliphatic carbocycles. The predicted molar refractivity (Wildman–Crippen MR) is 217 cm³/mol. The molecule has 0 saturated heterocycles. The van der Waals surface area contributed by atoms with Gasteiger partial charge in [0, 0.05) is 43.4 Å². The van der Waals surface area contributed by atoms with E-state index in [-0.39, 0.29) is 12.1 Å². The standard InChI is InChI=1S/C44H27IN4O/c45-49-38-16-8-6-14-35(38)46-40-34-24-26(25-18-21-37-32(22-25)28-12-4-7-15-36(28)47(37)27-10-2-1-3-11-27)23-33-30-19-20-31-29-13-5-9-17-39(29)50-43(31)42(30)48(41(33)34)44(40)49/h1-24,35,38,46H. The van der Waals surface area contributed by atoms with E-state index in [1.54, 1.807) is 0 Å². The molecule has 5 heterocycles. The maximum atomic E-state index is 6.71. The third kappa shape index (κ3) is 3.41. The molecule has 2 atom stereocenters. The molecule has 0 fully saturated rings. The molecule has 0 spiro atoms. The number of anilines is 2. The van der Waals surface area contributed by atoms with Gasteiger partial charge in [-0.25, -0.2) is 0 Å². The van der Waals surface area contributed by atoms with Crippen LogP contribution in [-0.2, 0) is 0 Å². The van der Waals surface area contributed by atoms with E-state index in [0.29, 0.717) is 0 Å². The minimum atomic E-state index is 0.178. The largest absolute Gasteiger partial charge is 0.454 e. The summed E-state index contributed by atoms with van der Waals surface area (Å²) >= 11 is 2.53. The summed E-state index contributed by atoms with van der Waals surface area (Å²) in [5.41, 5.74) is 11.3. The smallest absolute Gasteiger partial charge is 0.160 e. The Morgan fingerprint density at radius 3 is 2.24 bits per heavy atom. The van der Waals surface area contributed by atoms with E-state index in [1.165, 1.54) is 66.0 Å². The Morgan fingerprint density at radius 1 is 0.580 bits per heavy atom. The van der Waals surface area contributed by atoms with E-state index in [1.807, 2.05) is 0 Å². The number of hydrogen-bond acceptors (Lipinski definition) is 3. The Kier molecular flexibility index (Phi) is 5.26. The number of nitrogens with zero attached hydrogens (tertiary/aromatic N) is 3. The van der Waals surface area contributed by atoms with Crippen LogP contribution in [0.15, 0.2) is 150 Å². The molecule has 10 aromatic rings. The van der Waals surface area contributed by atoms with Crippen molar-refractivity contribution in [3.63, 3.8) is 0 Å². The van der Waals surface area contributed by atoms with Crippen molar-refractivity contribution in [1.82, 2.24) is 8.97 Å². The monoisotopic (exact) mass is 754 g/mol. The molecule has 0 bridgehead atoms. The molecule has 2 aliphatic rings. The van der Waals surface area contributed by atoms with Gasteiger partial charge in [-0.15, -0.1) is 0 Å². The van der Waals surface area contributed by atoms with Gasteiger partial charge in [-0.1, -0.05) is 91.0 Å². The third-order valence-corrected chi connectivity index (χ3v) is 12.1. The normalized spacial score (nSPS) is 17.3. The lowest BCUT2D eigenvalue weighted by molar-refractivity contribution is 0.671. The summed E-state index contributed by atoms with van der Waals surface area (Å²) in [7, 11) is 0. The Morgan fingerprint density at radius 2 is 1.32 bits per heavy atom. The van der Waals surface area contributed by atoms with Gasteiger partial charge >= 0.3 is 0 Å². The van der Waals surface area contributed by atoms with Crippen molar-refractivity contribution in [1.29, 1.82) is 0 Å². The second kappa shape index (κ2) is 9.70. The Labute approximate surface area is 300 Å². The summed E-state index contributed by atoms with van der Waals surface area (Å²) in [5, 5.41) is 12.4. The molecule has 2 unspecified atom stereocenters. The van der Waals surface area contributed by atoms with Crippen molar-refractivity contribution in [3.05, 3.63) is 146 Å². The first-order valence-electron chi connectivity index (χ1n) is 17.1. The lowest BCUT2D eigenvalue weighted by Crippen LogP contribution is -2.45. The maximum Gasteiger partial charge on any atom is 0.160 e. The van der Waals surface area contributed by atoms with Crippen LogP contribution in [-0.4, -0.2) is 21.1 Å². The van der Waals surface area contributed by atoms with Crippen LogP contribution in [0.1, 0.15) is 0 Å². The fraction of sp³-hybridized carbons (Fsp3) is 0.0455. The molecular formula is C44H27IN4O. The minimum absolute atomic E-state index is 0.178. The number of para-hydroxylation sites is 3. The fourth-order valence-corrected chi connectivity index (χ4v) is 9.80. The van der Waals surface area contributed by atoms with Crippen LogP contribution in [0, 0.1) is 0 Å². The zero-order chi connectivity index (χ0) is 32.7. The predicted octanol–water partition coefficient (Wildman–Crippen LogP) is 11.8. The molecular weight excluding hydrogens is 727 g/mol. The quantitative estimate of drug-likeness (QED) is 0.141. The zero-order valence-electron chi connectivity index (χ0n) is 26.6. The van der Waals surface area contributed by atoms with Gasteiger partial charge in [0.25, 0.3) is 0 Å². The van der Waals surface area contributed by atoms with Gasteiger partial charge in [-0.05, 0) is 65.7 Å². The average molecular weight is 755 g/mol. The molecule has 6 heteroatoms. The van der Waals surface area contributed by atoms with E-state index in [9.17, 15) is 0 Å². The topological polar surface area (TPSA) is 37.8 Å².